The van der Waals surface area contributed by atoms with Crippen molar-refractivity contribution in [1.29, 1.82) is 0 Å². The van der Waals surface area contributed by atoms with E-state index in [4.69, 9.17) is 11.6 Å². The third kappa shape index (κ3) is 3.41. The van der Waals surface area contributed by atoms with E-state index < -0.39 is 0 Å². The van der Waals surface area contributed by atoms with Crippen molar-refractivity contribution in [3.8, 4) is 0 Å². The quantitative estimate of drug-likeness (QED) is 0.874. The predicted octanol–water partition coefficient (Wildman–Crippen LogP) is 2.62. The van der Waals surface area contributed by atoms with E-state index in [9.17, 15) is 4.79 Å². The maximum atomic E-state index is 12.0. The summed E-state index contributed by atoms with van der Waals surface area (Å²) in [6.45, 7) is 4.50. The van der Waals surface area contributed by atoms with Crippen LogP contribution in [-0.4, -0.2) is 27.8 Å². The van der Waals surface area contributed by atoms with Crippen LogP contribution < -0.4 is 5.32 Å². The Kier molecular flexibility index (Phi) is 4.32. The third-order valence-corrected chi connectivity index (χ3v) is 3.57. The molecule has 1 heterocycles. The number of hydrogen-bond acceptors (Lipinski definition) is 3. The van der Waals surface area contributed by atoms with E-state index in [2.05, 4.69) is 15.3 Å². The van der Waals surface area contributed by atoms with Crippen molar-refractivity contribution in [2.45, 2.75) is 19.2 Å². The molecule has 0 spiro atoms. The second-order valence-corrected chi connectivity index (χ2v) is 5.29. The van der Waals surface area contributed by atoms with Crippen LogP contribution in [0.25, 0.3) is 11.0 Å². The Morgan fingerprint density at radius 1 is 1.26 bits per heavy atom. The molecule has 1 atom stereocenters. The zero-order valence-electron chi connectivity index (χ0n) is 10.9. The monoisotopic (exact) mass is 277 g/mol. The molecule has 2 aromatic rings. The molecule has 4 nitrogen and oxygen atoms in total. The number of carbonyl (C=O) groups is 1. The molecule has 0 aliphatic rings. The number of amides is 1. The van der Waals surface area contributed by atoms with Gasteiger partial charge in [-0.1, -0.05) is 13.8 Å². The summed E-state index contributed by atoms with van der Waals surface area (Å²) >= 11 is 6.11. The van der Waals surface area contributed by atoms with E-state index >= 15 is 0 Å². The van der Waals surface area contributed by atoms with Crippen LogP contribution in [0.4, 0.5) is 0 Å². The number of benzene rings is 1. The van der Waals surface area contributed by atoms with E-state index in [0.29, 0.717) is 23.5 Å². The summed E-state index contributed by atoms with van der Waals surface area (Å²) in [6.07, 6.45) is 3.24. The van der Waals surface area contributed by atoms with E-state index in [-0.39, 0.29) is 11.3 Å². The molecule has 0 aliphatic carbocycles. The molecule has 0 saturated carbocycles. The minimum atomic E-state index is -0.140. The molecule has 19 heavy (non-hydrogen) atoms. The van der Waals surface area contributed by atoms with Crippen LogP contribution in [0.2, 0.25) is 0 Å². The first-order valence-electron chi connectivity index (χ1n) is 6.21. The van der Waals surface area contributed by atoms with Crippen molar-refractivity contribution >= 4 is 28.5 Å². The Bertz CT molecular complexity index is 586. The summed E-state index contributed by atoms with van der Waals surface area (Å²) in [4.78, 5) is 20.3. The number of carbonyl (C=O) groups excluding carboxylic acids is 1. The maximum Gasteiger partial charge on any atom is 0.251 e. The van der Waals surface area contributed by atoms with Crippen LogP contribution in [0.15, 0.2) is 30.6 Å². The number of nitrogens with zero attached hydrogens (tertiary/aromatic N) is 2. The summed E-state index contributed by atoms with van der Waals surface area (Å²) in [5.74, 6) is 0.184. The topological polar surface area (TPSA) is 54.9 Å². The molecule has 1 amide bonds. The molecule has 0 saturated heterocycles. The average Bonchev–Trinajstić information content (AvgIpc) is 2.43. The largest absolute Gasteiger partial charge is 0.351 e. The van der Waals surface area contributed by atoms with Crippen molar-refractivity contribution in [2.75, 3.05) is 6.54 Å². The van der Waals surface area contributed by atoms with Gasteiger partial charge in [-0.15, -0.1) is 11.6 Å². The summed E-state index contributed by atoms with van der Waals surface area (Å²) in [6, 6.07) is 5.26. The molecule has 1 aromatic heterocycles. The molecule has 100 valence electrons. The molecule has 2 rings (SSSR count). The second-order valence-electron chi connectivity index (χ2n) is 4.73. The maximum absolute atomic E-state index is 12.0. The molecular weight excluding hydrogens is 262 g/mol. The number of nitrogens with one attached hydrogen (secondary N) is 1. The zero-order valence-corrected chi connectivity index (χ0v) is 11.7. The molecule has 1 unspecified atom stereocenters. The smallest absolute Gasteiger partial charge is 0.251 e. The van der Waals surface area contributed by atoms with Crippen LogP contribution in [0, 0.1) is 5.92 Å². The van der Waals surface area contributed by atoms with Crippen molar-refractivity contribution in [3.63, 3.8) is 0 Å². The highest BCUT2D eigenvalue weighted by atomic mass is 35.5. The first-order chi connectivity index (χ1) is 9.08. The summed E-state index contributed by atoms with van der Waals surface area (Å²) < 4.78 is 0. The number of fused-ring (bicyclic) bond motifs is 1. The van der Waals surface area contributed by atoms with Gasteiger partial charge in [0.15, 0.2) is 0 Å². The lowest BCUT2D eigenvalue weighted by molar-refractivity contribution is 0.0952. The Hall–Kier alpha value is -1.68. The van der Waals surface area contributed by atoms with Gasteiger partial charge in [0.2, 0.25) is 0 Å². The first kappa shape index (κ1) is 13.7. The summed E-state index contributed by atoms with van der Waals surface area (Å²) in [7, 11) is 0. The van der Waals surface area contributed by atoms with Crippen molar-refractivity contribution in [2.24, 2.45) is 5.92 Å². The Morgan fingerprint density at radius 3 is 2.63 bits per heavy atom. The Balaban J connectivity index is 2.09. The van der Waals surface area contributed by atoms with Gasteiger partial charge in [-0.25, -0.2) is 0 Å². The molecule has 0 bridgehead atoms. The van der Waals surface area contributed by atoms with Gasteiger partial charge < -0.3 is 5.32 Å². The number of halogens is 1. The van der Waals surface area contributed by atoms with Gasteiger partial charge in [0, 0.05) is 24.5 Å². The summed E-state index contributed by atoms with van der Waals surface area (Å²) in [5.41, 5.74) is 2.05. The number of rotatable bonds is 4. The normalized spacial score (nSPS) is 12.6. The molecule has 5 heteroatoms. The molecule has 0 fully saturated rings. The first-order valence-corrected chi connectivity index (χ1v) is 6.64. The predicted molar refractivity (Wildman–Crippen MR) is 76.4 cm³/mol. The number of hydrogen-bond donors (Lipinski definition) is 1. The van der Waals surface area contributed by atoms with Gasteiger partial charge in [-0.2, -0.15) is 0 Å². The average molecular weight is 278 g/mol. The van der Waals surface area contributed by atoms with E-state index in [0.717, 1.165) is 5.52 Å². The van der Waals surface area contributed by atoms with Crippen LogP contribution in [0.5, 0.6) is 0 Å². The van der Waals surface area contributed by atoms with Crippen LogP contribution in [0.3, 0.4) is 0 Å². The fourth-order valence-electron chi connectivity index (χ4n) is 1.63. The molecule has 0 aliphatic heterocycles. The van der Waals surface area contributed by atoms with Crippen molar-refractivity contribution in [1.82, 2.24) is 15.3 Å². The lowest BCUT2D eigenvalue weighted by Crippen LogP contribution is -2.31. The summed E-state index contributed by atoms with van der Waals surface area (Å²) in [5, 5.41) is 2.76. The van der Waals surface area contributed by atoms with Crippen molar-refractivity contribution < 1.29 is 4.79 Å². The number of aromatic nitrogens is 2. The van der Waals surface area contributed by atoms with Gasteiger partial charge in [0.1, 0.15) is 0 Å². The highest BCUT2D eigenvalue weighted by Crippen LogP contribution is 2.12. The van der Waals surface area contributed by atoms with Gasteiger partial charge in [0.05, 0.1) is 16.4 Å². The fourth-order valence-corrected chi connectivity index (χ4v) is 1.71. The number of alkyl halides is 1. The zero-order chi connectivity index (χ0) is 13.8. The molecular formula is C14H16ClN3O. The molecule has 1 aromatic carbocycles. The van der Waals surface area contributed by atoms with Gasteiger partial charge in [0.25, 0.3) is 5.91 Å². The second kappa shape index (κ2) is 5.97. The fraction of sp³-hybridized carbons (Fsp3) is 0.357. The van der Waals surface area contributed by atoms with E-state index in [1.807, 2.05) is 13.8 Å². The van der Waals surface area contributed by atoms with Gasteiger partial charge in [-0.3, -0.25) is 14.8 Å². The van der Waals surface area contributed by atoms with Crippen LogP contribution in [0.1, 0.15) is 24.2 Å². The van der Waals surface area contributed by atoms with Gasteiger partial charge >= 0.3 is 0 Å². The molecule has 1 N–H and O–H groups in total. The minimum Gasteiger partial charge on any atom is -0.351 e. The SMILES string of the molecule is CC(C)C(Cl)CNC(=O)c1ccc2nccnc2c1. The third-order valence-electron chi connectivity index (χ3n) is 2.91. The van der Waals surface area contributed by atoms with Gasteiger partial charge in [-0.05, 0) is 24.1 Å². The minimum absolute atomic E-state index is 0.0656. The lowest BCUT2D eigenvalue weighted by atomic mass is 10.1. The van der Waals surface area contributed by atoms with E-state index in [1.165, 1.54) is 0 Å². The van der Waals surface area contributed by atoms with Crippen LogP contribution in [-0.2, 0) is 0 Å². The van der Waals surface area contributed by atoms with Crippen LogP contribution >= 0.6 is 11.6 Å². The lowest BCUT2D eigenvalue weighted by Gasteiger charge is -2.14. The standard InChI is InChI=1S/C14H16ClN3O/c1-9(2)11(15)8-18-14(19)10-3-4-12-13(7-10)17-6-5-16-12/h3-7,9,11H,8H2,1-2H3,(H,18,19). The Morgan fingerprint density at radius 2 is 1.95 bits per heavy atom. The highest BCUT2D eigenvalue weighted by Gasteiger charge is 2.12. The van der Waals surface area contributed by atoms with Crippen molar-refractivity contribution in [3.05, 3.63) is 36.2 Å². The molecule has 0 radical (unpaired) electrons. The highest BCUT2D eigenvalue weighted by molar-refractivity contribution is 6.21. The Labute approximate surface area is 117 Å². The van der Waals surface area contributed by atoms with E-state index in [1.54, 1.807) is 30.6 Å².